The Morgan fingerprint density at radius 2 is 1.90 bits per heavy atom. The van der Waals surface area contributed by atoms with Crippen LogP contribution in [0, 0.1) is 0 Å². The molecule has 0 aromatic heterocycles. The summed E-state index contributed by atoms with van der Waals surface area (Å²) in [6, 6.07) is 13.1. The van der Waals surface area contributed by atoms with Crippen molar-refractivity contribution >= 4 is 31.7 Å². The predicted octanol–water partition coefficient (Wildman–Crippen LogP) is 1.99. The van der Waals surface area contributed by atoms with Crippen molar-refractivity contribution in [1.82, 2.24) is 4.90 Å². The van der Waals surface area contributed by atoms with Crippen molar-refractivity contribution < 1.29 is 23.4 Å². The van der Waals surface area contributed by atoms with E-state index in [4.69, 9.17) is 4.74 Å². The third kappa shape index (κ3) is 3.64. The third-order valence-corrected chi connectivity index (χ3v) is 6.74. The molecule has 29 heavy (non-hydrogen) atoms. The maximum absolute atomic E-state index is 12.9. The van der Waals surface area contributed by atoms with Gasteiger partial charge in [-0.05, 0) is 30.3 Å². The van der Waals surface area contributed by atoms with Gasteiger partial charge in [0.15, 0.2) is 0 Å². The van der Waals surface area contributed by atoms with E-state index in [2.05, 4.69) is 20.3 Å². The third-order valence-electron chi connectivity index (χ3n) is 4.90. The summed E-state index contributed by atoms with van der Waals surface area (Å²) < 4.78 is 36.3. The van der Waals surface area contributed by atoms with Crippen molar-refractivity contribution in [3.8, 4) is 0 Å². The number of fused-ring (bicyclic) bond motifs is 3. The molecule has 0 saturated carbocycles. The number of aliphatic hydroxyl groups is 2. The van der Waals surface area contributed by atoms with Crippen LogP contribution in [0.4, 0.5) is 0 Å². The van der Waals surface area contributed by atoms with E-state index < -0.39 is 15.8 Å². The highest BCUT2D eigenvalue weighted by molar-refractivity contribution is 9.10. The van der Waals surface area contributed by atoms with Gasteiger partial charge in [0.1, 0.15) is 0 Å². The van der Waals surface area contributed by atoms with Gasteiger partial charge in [-0.15, -0.1) is 0 Å². The zero-order chi connectivity index (χ0) is 20.6. The number of sulfonamides is 1. The molecule has 1 saturated heterocycles. The Morgan fingerprint density at radius 3 is 2.62 bits per heavy atom. The number of ether oxygens (including phenoxy) is 1. The minimum Gasteiger partial charge on any atom is -0.395 e. The van der Waals surface area contributed by atoms with Gasteiger partial charge in [-0.2, -0.15) is 12.8 Å². The molecule has 0 bridgehead atoms. The molecule has 1 heterocycles. The molecular formula is C20H19BrN2O5S. The minimum absolute atomic E-state index is 0.0667. The van der Waals surface area contributed by atoms with Crippen LogP contribution in [0.2, 0.25) is 0 Å². The summed E-state index contributed by atoms with van der Waals surface area (Å²) in [7, 11) is -3.97. The number of rotatable bonds is 4. The average Bonchev–Trinajstić information content (AvgIpc) is 2.70. The van der Waals surface area contributed by atoms with Crippen LogP contribution in [0.5, 0.6) is 0 Å². The summed E-state index contributed by atoms with van der Waals surface area (Å²) in [6.45, 7) is 0.903. The number of benzene rings is 2. The van der Waals surface area contributed by atoms with Gasteiger partial charge < -0.3 is 19.8 Å². The molecule has 1 atom stereocenters. The Hall–Kier alpha value is -2.04. The number of β-amino-alcohol motifs (C(OH)–C–C–N with tert-alkyl or cyclic N) is 1. The smallest absolute Gasteiger partial charge is 0.282 e. The lowest BCUT2D eigenvalue weighted by Crippen LogP contribution is -2.50. The van der Waals surface area contributed by atoms with Crippen molar-refractivity contribution in [2.75, 3.05) is 26.3 Å². The van der Waals surface area contributed by atoms with Gasteiger partial charge in [0, 0.05) is 28.7 Å². The van der Waals surface area contributed by atoms with Crippen LogP contribution in [0.25, 0.3) is 0 Å². The van der Waals surface area contributed by atoms with E-state index in [1.807, 2.05) is 0 Å². The van der Waals surface area contributed by atoms with Crippen LogP contribution in [0.3, 0.4) is 0 Å². The second-order valence-electron chi connectivity index (χ2n) is 6.68. The number of morpholine rings is 1. The summed E-state index contributed by atoms with van der Waals surface area (Å²) in [6.07, 6.45) is 1.52. The van der Waals surface area contributed by atoms with Crippen LogP contribution in [0.15, 0.2) is 74.1 Å². The Kier molecular flexibility index (Phi) is 5.34. The molecule has 1 aliphatic carbocycles. The summed E-state index contributed by atoms with van der Waals surface area (Å²) in [4.78, 5) is 1.85. The molecule has 2 aromatic carbocycles. The monoisotopic (exact) mass is 478 g/mol. The van der Waals surface area contributed by atoms with Gasteiger partial charge in [-0.1, -0.05) is 40.2 Å². The highest BCUT2D eigenvalue weighted by Crippen LogP contribution is 2.41. The molecule has 1 fully saturated rings. The molecule has 4 rings (SSSR count). The number of hydrogen-bond acceptors (Lipinski definition) is 6. The number of hydrogen-bond donors (Lipinski definition) is 2. The summed E-state index contributed by atoms with van der Waals surface area (Å²) in [5, 5.41) is 20.7. The topological polar surface area (TPSA) is 99.4 Å². The van der Waals surface area contributed by atoms with Gasteiger partial charge in [-0.3, -0.25) is 0 Å². The molecule has 152 valence electrons. The van der Waals surface area contributed by atoms with Crippen LogP contribution in [-0.4, -0.2) is 55.5 Å². The molecule has 7 nitrogen and oxygen atoms in total. The van der Waals surface area contributed by atoms with Crippen molar-refractivity contribution in [3.05, 3.63) is 75.9 Å². The van der Waals surface area contributed by atoms with Crippen molar-refractivity contribution in [1.29, 1.82) is 0 Å². The van der Waals surface area contributed by atoms with E-state index in [-0.39, 0.29) is 30.4 Å². The lowest BCUT2D eigenvalue weighted by atomic mass is 9.86. The van der Waals surface area contributed by atoms with Crippen molar-refractivity contribution in [2.45, 2.75) is 10.7 Å². The first-order valence-electron chi connectivity index (χ1n) is 9.00. The van der Waals surface area contributed by atoms with E-state index in [1.165, 1.54) is 18.2 Å². The van der Waals surface area contributed by atoms with E-state index in [9.17, 15) is 18.6 Å². The van der Waals surface area contributed by atoms with E-state index in [0.717, 1.165) is 4.47 Å². The first kappa shape index (κ1) is 20.2. The van der Waals surface area contributed by atoms with E-state index in [0.29, 0.717) is 23.4 Å². The number of allylic oxidation sites excluding steroid dienone is 1. The van der Waals surface area contributed by atoms with Crippen LogP contribution in [-0.2, 0) is 20.5 Å². The molecule has 0 radical (unpaired) electrons. The highest BCUT2D eigenvalue weighted by atomic mass is 79.9. The van der Waals surface area contributed by atoms with Crippen molar-refractivity contribution in [3.63, 3.8) is 0 Å². The normalized spacial score (nSPS) is 22.8. The predicted molar refractivity (Wildman–Crippen MR) is 111 cm³/mol. The second-order valence-corrected chi connectivity index (χ2v) is 9.20. The first-order chi connectivity index (χ1) is 13.8. The van der Waals surface area contributed by atoms with Crippen LogP contribution in [0.1, 0.15) is 11.1 Å². The fourth-order valence-corrected chi connectivity index (χ4v) is 4.80. The number of aliphatic hydroxyl groups excluding tert-OH is 1. The van der Waals surface area contributed by atoms with E-state index >= 15 is 0 Å². The molecule has 0 spiro atoms. The SMILES string of the molecule is O=S(=O)(/N=C1\C=C2N(CCO)CCOC2(O)c2ccccc21)c1ccc(Br)cc1. The van der Waals surface area contributed by atoms with Crippen LogP contribution < -0.4 is 0 Å². The molecule has 2 aliphatic rings. The fraction of sp³-hybridized carbons (Fsp3) is 0.250. The molecule has 2 N–H and O–H groups in total. The number of nitrogens with zero attached hydrogens (tertiary/aromatic N) is 2. The quantitative estimate of drug-likeness (QED) is 0.696. The Morgan fingerprint density at radius 1 is 1.17 bits per heavy atom. The van der Waals surface area contributed by atoms with Crippen LogP contribution >= 0.6 is 15.9 Å². The van der Waals surface area contributed by atoms with Gasteiger partial charge in [0.05, 0.1) is 29.5 Å². The molecule has 1 unspecified atom stereocenters. The van der Waals surface area contributed by atoms with Gasteiger partial charge in [-0.25, -0.2) is 0 Å². The lowest BCUT2D eigenvalue weighted by molar-refractivity contribution is -0.219. The Bertz CT molecular complexity index is 1100. The minimum atomic E-state index is -3.97. The standard InChI is InChI=1S/C20H19BrN2O5S/c21-14-5-7-15(8-6-14)29(26,27)22-18-13-19-20(25,17-4-2-1-3-16(17)18)28-12-10-23(19)9-11-24/h1-8,13,24-25H,9-12H2/b22-18+. The molecule has 1 aliphatic heterocycles. The van der Waals surface area contributed by atoms with E-state index in [1.54, 1.807) is 41.3 Å². The average molecular weight is 479 g/mol. The summed E-state index contributed by atoms with van der Waals surface area (Å²) in [5.41, 5.74) is 1.47. The summed E-state index contributed by atoms with van der Waals surface area (Å²) in [5.74, 6) is -1.72. The zero-order valence-corrected chi connectivity index (χ0v) is 17.7. The Labute approximate surface area is 177 Å². The number of halogens is 1. The fourth-order valence-electron chi connectivity index (χ4n) is 3.54. The molecule has 2 aromatic rings. The first-order valence-corrected chi connectivity index (χ1v) is 11.2. The highest BCUT2D eigenvalue weighted by Gasteiger charge is 2.46. The maximum atomic E-state index is 12.9. The Balaban J connectivity index is 1.88. The lowest BCUT2D eigenvalue weighted by Gasteiger charge is -2.45. The van der Waals surface area contributed by atoms with Gasteiger partial charge in [0.25, 0.3) is 10.0 Å². The maximum Gasteiger partial charge on any atom is 0.282 e. The largest absolute Gasteiger partial charge is 0.395 e. The summed E-state index contributed by atoms with van der Waals surface area (Å²) >= 11 is 3.29. The van der Waals surface area contributed by atoms with Gasteiger partial charge >= 0.3 is 0 Å². The second kappa shape index (κ2) is 7.66. The molecule has 9 heteroatoms. The molecular weight excluding hydrogens is 460 g/mol. The zero-order valence-electron chi connectivity index (χ0n) is 15.3. The van der Waals surface area contributed by atoms with Crippen molar-refractivity contribution in [2.24, 2.45) is 4.40 Å². The van der Waals surface area contributed by atoms with Gasteiger partial charge in [0.2, 0.25) is 5.79 Å². The molecule has 0 amide bonds.